The Labute approximate surface area is 250 Å². The van der Waals surface area contributed by atoms with Gasteiger partial charge in [-0.3, -0.25) is 9.59 Å². The van der Waals surface area contributed by atoms with Crippen molar-refractivity contribution in [3.63, 3.8) is 0 Å². The number of hydrogen-bond acceptors (Lipinski definition) is 18. The first-order chi connectivity index (χ1) is 20.8. The number of nitrogens with two attached hydrogens (primary N) is 2. The van der Waals surface area contributed by atoms with Crippen molar-refractivity contribution in [1.29, 1.82) is 0 Å². The van der Waals surface area contributed by atoms with Gasteiger partial charge in [0.15, 0.2) is 18.9 Å². The summed E-state index contributed by atoms with van der Waals surface area (Å²) in [6.45, 7) is -2.30. The van der Waals surface area contributed by atoms with Gasteiger partial charge in [0.05, 0.1) is 51.1 Å². The van der Waals surface area contributed by atoms with E-state index in [1.54, 1.807) is 0 Å². The van der Waals surface area contributed by atoms with Crippen LogP contribution in [0.1, 0.15) is 12.8 Å². The van der Waals surface area contributed by atoms with Crippen molar-refractivity contribution in [1.82, 2.24) is 5.32 Å². The molecule has 44 heavy (non-hydrogen) atoms. The molecule has 256 valence electrons. The van der Waals surface area contributed by atoms with Crippen molar-refractivity contribution in [3.05, 3.63) is 0 Å². The van der Waals surface area contributed by atoms with Crippen LogP contribution in [0, 0.1) is 0 Å². The molecule has 0 unspecified atom stereocenters. The number of amides is 2. The number of nitrogens with one attached hydrogen (secondary N) is 1. The van der Waals surface area contributed by atoms with E-state index in [0.29, 0.717) is 0 Å². The standard InChI is InChI=1S/C24H43N3O17/c25-9(4-13(26)31)21(38)27-1-2-39-23-19(37)20(44-24-18(36)17(35)15(33)11(6-29)42-24)16(34)12(43-23)7-40-22-14(32)10(30)3-8(5-28)41-22/h8-12,14-20,22-24,28-30,32-37H,1-7,25H2,(H2,26,31)(H,27,38)/t8-,9-,10-,11+,12+,14-,15+,16+,17-,18-,19-,20-,22-,23-,24+/m0/s1. The smallest absolute Gasteiger partial charge is 0.237 e. The van der Waals surface area contributed by atoms with Crippen molar-refractivity contribution >= 4 is 11.8 Å². The van der Waals surface area contributed by atoms with Crippen molar-refractivity contribution in [3.8, 4) is 0 Å². The van der Waals surface area contributed by atoms with Gasteiger partial charge < -0.3 is 91.2 Å². The normalized spacial score (nSPS) is 42.0. The van der Waals surface area contributed by atoms with Gasteiger partial charge in [-0.25, -0.2) is 0 Å². The molecule has 20 heteroatoms. The Hall–Kier alpha value is -1.70. The van der Waals surface area contributed by atoms with Gasteiger partial charge in [0, 0.05) is 13.0 Å². The third kappa shape index (κ3) is 9.19. The number of aliphatic hydroxyl groups excluding tert-OH is 9. The molecule has 3 rings (SSSR count). The van der Waals surface area contributed by atoms with E-state index >= 15 is 0 Å². The minimum absolute atomic E-state index is 0.0683. The lowest BCUT2D eigenvalue weighted by molar-refractivity contribution is -0.364. The van der Waals surface area contributed by atoms with Crippen LogP contribution in [0.2, 0.25) is 0 Å². The summed E-state index contributed by atoms with van der Waals surface area (Å²) in [6.07, 6.45) is -22.4. The Morgan fingerprint density at radius 2 is 1.45 bits per heavy atom. The van der Waals surface area contributed by atoms with Gasteiger partial charge >= 0.3 is 0 Å². The molecule has 3 fully saturated rings. The molecule has 15 atom stereocenters. The summed E-state index contributed by atoms with van der Waals surface area (Å²) in [5.74, 6) is -1.50. The second kappa shape index (κ2) is 16.7. The fourth-order valence-corrected chi connectivity index (χ4v) is 4.82. The summed E-state index contributed by atoms with van der Waals surface area (Å²) in [5.41, 5.74) is 10.6. The molecule has 14 N–H and O–H groups in total. The second-order valence-electron chi connectivity index (χ2n) is 10.7. The van der Waals surface area contributed by atoms with Gasteiger partial charge in [-0.05, 0) is 0 Å². The van der Waals surface area contributed by atoms with Crippen LogP contribution in [0.5, 0.6) is 0 Å². The molecule has 3 heterocycles. The topological polar surface area (TPSA) is 336 Å². The summed E-state index contributed by atoms with van der Waals surface area (Å²) in [5, 5.41) is 94.1. The zero-order chi connectivity index (χ0) is 32.7. The van der Waals surface area contributed by atoms with Crippen LogP contribution in [-0.4, -0.2) is 183 Å². The molecular weight excluding hydrogens is 602 g/mol. The Kier molecular flexibility index (Phi) is 14.0. The Morgan fingerprint density at radius 1 is 0.795 bits per heavy atom. The number of aliphatic hydroxyl groups is 9. The van der Waals surface area contributed by atoms with Crippen LogP contribution in [0.3, 0.4) is 0 Å². The van der Waals surface area contributed by atoms with E-state index in [0.717, 1.165) is 0 Å². The van der Waals surface area contributed by atoms with E-state index in [9.17, 15) is 55.5 Å². The Balaban J connectivity index is 1.70. The molecule has 0 saturated carbocycles. The number of primary amides is 1. The van der Waals surface area contributed by atoms with Gasteiger partial charge in [-0.15, -0.1) is 0 Å². The van der Waals surface area contributed by atoms with Crippen LogP contribution >= 0.6 is 0 Å². The zero-order valence-electron chi connectivity index (χ0n) is 23.6. The predicted octanol–water partition coefficient (Wildman–Crippen LogP) is -8.20. The molecule has 3 aliphatic rings. The SMILES string of the molecule is NC(=O)C[C@H](N)C(=O)NCCO[C@H]1O[C@H](CO[C@H]2O[C@H](CO)C[C@H](O)[C@@H]2O)[C@@H](O)[C@H](O[C@H]2O[C@H](CO)[C@@H](O)[C@H](O)[C@@H]2O)[C@@H]1O. The molecule has 0 spiro atoms. The highest BCUT2D eigenvalue weighted by Crippen LogP contribution is 2.30. The maximum atomic E-state index is 12.0. The van der Waals surface area contributed by atoms with Gasteiger partial charge in [-0.2, -0.15) is 0 Å². The first kappa shape index (κ1) is 36.8. The maximum absolute atomic E-state index is 12.0. The van der Waals surface area contributed by atoms with Crippen LogP contribution in [0.25, 0.3) is 0 Å². The van der Waals surface area contributed by atoms with Crippen molar-refractivity contribution in [2.75, 3.05) is 33.0 Å². The highest BCUT2D eigenvalue weighted by Gasteiger charge is 2.51. The number of carbonyl (C=O) groups is 2. The Morgan fingerprint density at radius 3 is 2.09 bits per heavy atom. The quantitative estimate of drug-likeness (QED) is 0.0780. The first-order valence-electron chi connectivity index (χ1n) is 13.9. The van der Waals surface area contributed by atoms with Gasteiger partial charge in [-0.1, -0.05) is 0 Å². The highest BCUT2D eigenvalue weighted by molar-refractivity contribution is 5.87. The van der Waals surface area contributed by atoms with Gasteiger partial charge in [0.25, 0.3) is 0 Å². The van der Waals surface area contributed by atoms with Crippen molar-refractivity contribution < 1.29 is 84.0 Å². The number of rotatable bonds is 14. The average molecular weight is 646 g/mol. The summed E-state index contributed by atoms with van der Waals surface area (Å²) in [7, 11) is 0. The zero-order valence-corrected chi connectivity index (χ0v) is 23.6. The third-order valence-electron chi connectivity index (χ3n) is 7.36. The number of hydrogen-bond donors (Lipinski definition) is 12. The van der Waals surface area contributed by atoms with Crippen LogP contribution in [0.15, 0.2) is 0 Å². The van der Waals surface area contributed by atoms with E-state index in [2.05, 4.69) is 5.32 Å². The van der Waals surface area contributed by atoms with Crippen LogP contribution in [0.4, 0.5) is 0 Å². The van der Waals surface area contributed by atoms with E-state index in [-0.39, 0.29) is 19.6 Å². The molecule has 3 aliphatic heterocycles. The lowest BCUT2D eigenvalue weighted by Gasteiger charge is -2.46. The predicted molar refractivity (Wildman–Crippen MR) is 138 cm³/mol. The molecule has 0 bridgehead atoms. The van der Waals surface area contributed by atoms with Crippen molar-refractivity contribution in [2.24, 2.45) is 11.5 Å². The molecule has 0 aromatic heterocycles. The lowest BCUT2D eigenvalue weighted by Crippen LogP contribution is -2.65. The number of carbonyl (C=O) groups excluding carboxylic acids is 2. The second-order valence-corrected chi connectivity index (χ2v) is 10.7. The first-order valence-corrected chi connectivity index (χ1v) is 13.9. The monoisotopic (exact) mass is 645 g/mol. The Bertz CT molecular complexity index is 919. The molecule has 0 aromatic rings. The molecular formula is C24H43N3O17. The van der Waals surface area contributed by atoms with E-state index in [4.69, 9.17) is 39.9 Å². The third-order valence-corrected chi connectivity index (χ3v) is 7.36. The molecule has 0 aliphatic carbocycles. The van der Waals surface area contributed by atoms with Crippen molar-refractivity contribution in [2.45, 2.75) is 105 Å². The molecule has 3 saturated heterocycles. The molecule has 20 nitrogen and oxygen atoms in total. The minimum atomic E-state index is -1.88. The van der Waals surface area contributed by atoms with Crippen LogP contribution in [-0.2, 0) is 38.0 Å². The average Bonchev–Trinajstić information content (AvgIpc) is 2.98. The molecule has 0 radical (unpaired) electrons. The van der Waals surface area contributed by atoms with Gasteiger partial charge in [0.2, 0.25) is 11.8 Å². The highest BCUT2D eigenvalue weighted by atomic mass is 16.7. The largest absolute Gasteiger partial charge is 0.394 e. The van der Waals surface area contributed by atoms with E-state index < -0.39 is 130 Å². The summed E-state index contributed by atoms with van der Waals surface area (Å²) in [4.78, 5) is 23.0. The van der Waals surface area contributed by atoms with E-state index in [1.165, 1.54) is 0 Å². The number of ether oxygens (including phenoxy) is 6. The fourth-order valence-electron chi connectivity index (χ4n) is 4.82. The van der Waals surface area contributed by atoms with Gasteiger partial charge in [0.1, 0.15) is 54.9 Å². The maximum Gasteiger partial charge on any atom is 0.237 e. The summed E-state index contributed by atoms with van der Waals surface area (Å²) in [6, 6.07) is -1.21. The minimum Gasteiger partial charge on any atom is -0.394 e. The lowest BCUT2D eigenvalue weighted by atomic mass is 9.97. The molecule has 0 aromatic carbocycles. The fraction of sp³-hybridized carbons (Fsp3) is 0.917. The van der Waals surface area contributed by atoms with E-state index in [1.807, 2.05) is 0 Å². The summed E-state index contributed by atoms with van der Waals surface area (Å²) < 4.78 is 33.0. The van der Waals surface area contributed by atoms with Crippen LogP contribution < -0.4 is 16.8 Å². The molecule has 2 amide bonds. The summed E-state index contributed by atoms with van der Waals surface area (Å²) >= 11 is 0.